The van der Waals surface area contributed by atoms with Crippen LogP contribution in [0.5, 0.6) is 5.75 Å². The number of aryl methyl sites for hydroxylation is 1. The summed E-state index contributed by atoms with van der Waals surface area (Å²) in [4.78, 5) is 13.0. The van der Waals surface area contributed by atoms with E-state index in [-0.39, 0.29) is 5.91 Å². The number of carbonyl (C=O) groups is 1. The van der Waals surface area contributed by atoms with Crippen LogP contribution >= 0.6 is 0 Å². The summed E-state index contributed by atoms with van der Waals surface area (Å²) < 4.78 is 7.49. The minimum atomic E-state index is -0.605. The van der Waals surface area contributed by atoms with Gasteiger partial charge in [-0.3, -0.25) is 4.79 Å². The van der Waals surface area contributed by atoms with Crippen LogP contribution in [0.25, 0.3) is 10.8 Å². The van der Waals surface area contributed by atoms with Gasteiger partial charge in [0.2, 0.25) is 0 Å². The van der Waals surface area contributed by atoms with E-state index in [1.165, 1.54) is 35.9 Å². The molecule has 1 unspecified atom stereocenters. The molecule has 0 bridgehead atoms. The smallest absolute Gasteiger partial charge is 0.287 e. The molecular weight excluding hydrogens is 360 g/mol. The van der Waals surface area contributed by atoms with E-state index in [0.717, 1.165) is 35.0 Å². The molecule has 0 saturated heterocycles. The monoisotopic (exact) mass is 392 g/mol. The van der Waals surface area contributed by atoms with E-state index in [9.17, 15) is 4.79 Å². The van der Waals surface area contributed by atoms with Gasteiger partial charge in [0.05, 0.1) is 5.69 Å². The van der Waals surface area contributed by atoms with Crippen LogP contribution < -0.4 is 4.74 Å². The van der Waals surface area contributed by atoms with E-state index < -0.39 is 6.10 Å². The van der Waals surface area contributed by atoms with Crippen molar-refractivity contribution < 1.29 is 9.53 Å². The molecule has 0 radical (unpaired) electrons. The highest BCUT2D eigenvalue weighted by Gasteiger charge is 2.22. The predicted octanol–water partition coefficient (Wildman–Crippen LogP) is 6.27. The van der Waals surface area contributed by atoms with Gasteiger partial charge in [-0.1, -0.05) is 62.9 Å². The van der Waals surface area contributed by atoms with Crippen LogP contribution in [0.3, 0.4) is 0 Å². The Labute approximate surface area is 173 Å². The number of ether oxygens (including phenoxy) is 1. The van der Waals surface area contributed by atoms with Gasteiger partial charge in [-0.05, 0) is 62.1 Å². The molecule has 154 valence electrons. The molecule has 1 aromatic heterocycles. The molecule has 0 fully saturated rings. The molecule has 0 amide bonds. The van der Waals surface area contributed by atoms with Crippen LogP contribution in [0, 0.1) is 13.8 Å². The largest absolute Gasteiger partial charge is 0.481 e. The standard InChI is InChI=1S/C25H32N2O2/c1-5-6-7-8-9-14-24-18(2)26-27(19(24)3)25(28)20(4)29-23-16-15-21-12-10-11-13-22(21)17-23/h10-13,15-17,20H,5-9,14H2,1-4H3. The third-order valence-corrected chi connectivity index (χ3v) is 5.56. The first-order valence-corrected chi connectivity index (χ1v) is 10.8. The lowest BCUT2D eigenvalue weighted by atomic mass is 10.0. The topological polar surface area (TPSA) is 44.1 Å². The third kappa shape index (κ3) is 5.06. The number of carbonyl (C=O) groups excluding carboxylic acids is 1. The molecule has 0 N–H and O–H groups in total. The van der Waals surface area contributed by atoms with Crippen LogP contribution in [0.4, 0.5) is 0 Å². The Morgan fingerprint density at radius 2 is 1.76 bits per heavy atom. The molecule has 0 aliphatic heterocycles. The maximum absolute atomic E-state index is 13.0. The zero-order valence-electron chi connectivity index (χ0n) is 18.1. The van der Waals surface area contributed by atoms with Gasteiger partial charge in [-0.2, -0.15) is 5.10 Å². The Hall–Kier alpha value is -2.62. The van der Waals surface area contributed by atoms with Gasteiger partial charge in [-0.25, -0.2) is 4.68 Å². The lowest BCUT2D eigenvalue weighted by molar-refractivity contribution is 0.0707. The maximum Gasteiger partial charge on any atom is 0.287 e. The molecule has 0 aliphatic carbocycles. The molecule has 3 rings (SSSR count). The first-order valence-electron chi connectivity index (χ1n) is 10.8. The lowest BCUT2D eigenvalue weighted by Crippen LogP contribution is -2.30. The molecule has 0 spiro atoms. The van der Waals surface area contributed by atoms with Crippen molar-refractivity contribution in [2.45, 2.75) is 72.3 Å². The third-order valence-electron chi connectivity index (χ3n) is 5.56. The number of aromatic nitrogens is 2. The first kappa shape index (κ1) is 21.1. The minimum absolute atomic E-state index is 0.129. The molecule has 4 nitrogen and oxygen atoms in total. The number of unbranched alkanes of at least 4 members (excludes halogenated alkanes) is 4. The summed E-state index contributed by atoms with van der Waals surface area (Å²) >= 11 is 0. The molecule has 3 aromatic rings. The van der Waals surface area contributed by atoms with Gasteiger partial charge in [0.25, 0.3) is 5.91 Å². The second-order valence-electron chi connectivity index (χ2n) is 7.83. The molecule has 1 heterocycles. The molecule has 2 aromatic carbocycles. The number of benzene rings is 2. The van der Waals surface area contributed by atoms with Crippen molar-refractivity contribution in [2.75, 3.05) is 0 Å². The van der Waals surface area contributed by atoms with Crippen molar-refractivity contribution >= 4 is 16.7 Å². The van der Waals surface area contributed by atoms with E-state index in [4.69, 9.17) is 4.74 Å². The number of rotatable bonds is 9. The zero-order valence-corrected chi connectivity index (χ0v) is 18.1. The van der Waals surface area contributed by atoms with Gasteiger partial charge in [-0.15, -0.1) is 0 Å². The average Bonchev–Trinajstić information content (AvgIpc) is 3.01. The Balaban J connectivity index is 1.67. The first-order chi connectivity index (χ1) is 14.0. The zero-order chi connectivity index (χ0) is 20.8. The fourth-order valence-electron chi connectivity index (χ4n) is 3.82. The summed E-state index contributed by atoms with van der Waals surface area (Å²) in [6.45, 7) is 8.00. The van der Waals surface area contributed by atoms with Crippen LogP contribution in [-0.4, -0.2) is 21.8 Å². The van der Waals surface area contributed by atoms with Gasteiger partial charge in [0.15, 0.2) is 6.10 Å². The molecule has 0 aliphatic rings. The fourth-order valence-corrected chi connectivity index (χ4v) is 3.82. The normalized spacial score (nSPS) is 12.3. The fraction of sp³-hybridized carbons (Fsp3) is 0.440. The Morgan fingerprint density at radius 1 is 1.03 bits per heavy atom. The maximum atomic E-state index is 13.0. The van der Waals surface area contributed by atoms with Crippen molar-refractivity contribution in [1.82, 2.24) is 9.78 Å². The highest BCUT2D eigenvalue weighted by molar-refractivity contribution is 5.85. The minimum Gasteiger partial charge on any atom is -0.481 e. The van der Waals surface area contributed by atoms with E-state index in [1.54, 1.807) is 6.92 Å². The SMILES string of the molecule is CCCCCCCc1c(C)nn(C(=O)C(C)Oc2ccc3ccccc3c2)c1C. The van der Waals surface area contributed by atoms with Crippen LogP contribution in [0.1, 0.15) is 67.7 Å². The number of nitrogens with zero attached hydrogens (tertiary/aromatic N) is 2. The summed E-state index contributed by atoms with van der Waals surface area (Å²) in [5.41, 5.74) is 3.09. The van der Waals surface area contributed by atoms with Gasteiger partial charge in [0, 0.05) is 5.69 Å². The van der Waals surface area contributed by atoms with Crippen LogP contribution in [0.2, 0.25) is 0 Å². The molecule has 0 saturated carbocycles. The van der Waals surface area contributed by atoms with Crippen molar-refractivity contribution in [2.24, 2.45) is 0 Å². The predicted molar refractivity (Wildman–Crippen MR) is 119 cm³/mol. The van der Waals surface area contributed by atoms with Crippen molar-refractivity contribution in [1.29, 1.82) is 0 Å². The van der Waals surface area contributed by atoms with Crippen molar-refractivity contribution in [3.63, 3.8) is 0 Å². The molecular formula is C25H32N2O2. The summed E-state index contributed by atoms with van der Waals surface area (Å²) in [7, 11) is 0. The quantitative estimate of drug-likeness (QED) is 0.403. The van der Waals surface area contributed by atoms with Gasteiger partial charge >= 0.3 is 0 Å². The Bertz CT molecular complexity index is 974. The number of hydrogen-bond donors (Lipinski definition) is 0. The second kappa shape index (κ2) is 9.73. The summed E-state index contributed by atoms with van der Waals surface area (Å²) in [6.07, 6.45) is 6.57. The van der Waals surface area contributed by atoms with Gasteiger partial charge < -0.3 is 4.74 Å². The molecule has 29 heavy (non-hydrogen) atoms. The summed E-state index contributed by atoms with van der Waals surface area (Å²) in [5.74, 6) is 0.568. The van der Waals surface area contributed by atoms with E-state index in [0.29, 0.717) is 5.75 Å². The number of fused-ring (bicyclic) bond motifs is 1. The lowest BCUT2D eigenvalue weighted by Gasteiger charge is -2.15. The molecule has 4 heteroatoms. The van der Waals surface area contributed by atoms with Crippen molar-refractivity contribution in [3.8, 4) is 5.75 Å². The van der Waals surface area contributed by atoms with E-state index in [1.807, 2.05) is 50.2 Å². The van der Waals surface area contributed by atoms with Crippen LogP contribution in [0.15, 0.2) is 42.5 Å². The van der Waals surface area contributed by atoms with Gasteiger partial charge in [0.1, 0.15) is 5.75 Å². The highest BCUT2D eigenvalue weighted by Crippen LogP contribution is 2.22. The summed E-state index contributed by atoms with van der Waals surface area (Å²) in [6, 6.07) is 14.0. The van der Waals surface area contributed by atoms with E-state index in [2.05, 4.69) is 18.1 Å². The van der Waals surface area contributed by atoms with E-state index >= 15 is 0 Å². The molecule has 1 atom stereocenters. The summed E-state index contributed by atoms with van der Waals surface area (Å²) in [5, 5.41) is 6.78. The Kier molecular flexibility index (Phi) is 7.08. The van der Waals surface area contributed by atoms with Crippen molar-refractivity contribution in [3.05, 3.63) is 59.4 Å². The Morgan fingerprint density at radius 3 is 2.52 bits per heavy atom. The number of hydrogen-bond acceptors (Lipinski definition) is 3. The second-order valence-corrected chi connectivity index (χ2v) is 7.83. The highest BCUT2D eigenvalue weighted by atomic mass is 16.5. The van der Waals surface area contributed by atoms with Crippen LogP contribution in [-0.2, 0) is 6.42 Å². The average molecular weight is 393 g/mol.